The lowest BCUT2D eigenvalue weighted by Crippen LogP contribution is -1.93. The minimum atomic E-state index is 0.917. The maximum atomic E-state index is 4.75. The Morgan fingerprint density at radius 1 is 0.613 bits per heavy atom. The maximum Gasteiger partial charge on any atom is 0.163 e. The molecule has 0 bridgehead atoms. The molecule has 5 heteroatoms. The van der Waals surface area contributed by atoms with Crippen LogP contribution >= 0.6 is 22.7 Å². The molecule has 3 aromatic carbocycles. The molecule has 0 saturated carbocycles. The standard InChI is InChI=1S/C26H13N3S2/c1-3-9-17-14(6-1)19-23-20(16-8-5-11-27-22(16)26-28-12-13-29(23)26)25-21(24(19)30-17)15-7-2-4-10-18(15)31-25/h1-13H. The van der Waals surface area contributed by atoms with Crippen LogP contribution in [0.2, 0.25) is 0 Å². The normalized spacial score (nSPS) is 12.5. The first-order valence-corrected chi connectivity index (χ1v) is 11.8. The van der Waals surface area contributed by atoms with Crippen LogP contribution in [0.4, 0.5) is 0 Å². The van der Waals surface area contributed by atoms with E-state index >= 15 is 0 Å². The molecule has 0 aliphatic carbocycles. The number of pyridine rings is 2. The largest absolute Gasteiger partial charge is 0.297 e. The number of rotatable bonds is 0. The van der Waals surface area contributed by atoms with Gasteiger partial charge in [0.15, 0.2) is 5.65 Å². The summed E-state index contributed by atoms with van der Waals surface area (Å²) in [5.74, 6) is 0. The minimum Gasteiger partial charge on any atom is -0.297 e. The summed E-state index contributed by atoms with van der Waals surface area (Å²) in [6.07, 6.45) is 5.83. The summed E-state index contributed by atoms with van der Waals surface area (Å²) >= 11 is 3.79. The van der Waals surface area contributed by atoms with Gasteiger partial charge in [0.25, 0.3) is 0 Å². The Morgan fingerprint density at radius 3 is 2.03 bits per heavy atom. The van der Waals surface area contributed by atoms with Crippen LogP contribution in [-0.4, -0.2) is 14.4 Å². The van der Waals surface area contributed by atoms with Gasteiger partial charge in [-0.3, -0.25) is 9.38 Å². The van der Waals surface area contributed by atoms with E-state index in [1.165, 1.54) is 56.6 Å². The topological polar surface area (TPSA) is 30.2 Å². The fourth-order valence-electron chi connectivity index (χ4n) is 5.07. The summed E-state index contributed by atoms with van der Waals surface area (Å²) in [4.78, 5) is 9.44. The van der Waals surface area contributed by atoms with Crippen LogP contribution in [0.1, 0.15) is 0 Å². The molecule has 0 radical (unpaired) electrons. The predicted molar refractivity (Wildman–Crippen MR) is 134 cm³/mol. The second kappa shape index (κ2) is 5.58. The first-order chi connectivity index (χ1) is 15.4. The Bertz CT molecular complexity index is 2010. The van der Waals surface area contributed by atoms with E-state index in [4.69, 9.17) is 9.97 Å². The van der Waals surface area contributed by atoms with Gasteiger partial charge in [-0.1, -0.05) is 42.5 Å². The zero-order valence-corrected chi connectivity index (χ0v) is 17.8. The van der Waals surface area contributed by atoms with Crippen LogP contribution in [-0.2, 0) is 0 Å². The Hall–Kier alpha value is -3.54. The van der Waals surface area contributed by atoms with Crippen LogP contribution in [0, 0.1) is 0 Å². The first-order valence-electron chi connectivity index (χ1n) is 10.2. The Morgan fingerprint density at radius 2 is 1.26 bits per heavy atom. The number of hydrogen-bond acceptors (Lipinski definition) is 4. The highest BCUT2D eigenvalue weighted by atomic mass is 32.1. The first kappa shape index (κ1) is 16.2. The van der Waals surface area contributed by atoms with Gasteiger partial charge in [-0.05, 0) is 18.2 Å². The smallest absolute Gasteiger partial charge is 0.163 e. The summed E-state index contributed by atoms with van der Waals surface area (Å²) in [5, 5.41) is 7.78. The third-order valence-electron chi connectivity index (χ3n) is 6.29. The van der Waals surface area contributed by atoms with Crippen molar-refractivity contribution in [3.63, 3.8) is 0 Å². The lowest BCUT2D eigenvalue weighted by molar-refractivity contribution is 1.26. The lowest BCUT2D eigenvalue weighted by Gasteiger charge is -2.11. The van der Waals surface area contributed by atoms with Crippen molar-refractivity contribution < 1.29 is 0 Å². The van der Waals surface area contributed by atoms with Gasteiger partial charge in [0.05, 0.1) is 5.52 Å². The highest BCUT2D eigenvalue weighted by Gasteiger charge is 2.22. The minimum absolute atomic E-state index is 0.917. The van der Waals surface area contributed by atoms with Gasteiger partial charge in [0.2, 0.25) is 0 Å². The van der Waals surface area contributed by atoms with Crippen LogP contribution in [0.25, 0.3) is 67.8 Å². The van der Waals surface area contributed by atoms with Crippen molar-refractivity contribution >= 4 is 90.5 Å². The highest BCUT2D eigenvalue weighted by molar-refractivity contribution is 7.30. The van der Waals surface area contributed by atoms with Gasteiger partial charge >= 0.3 is 0 Å². The van der Waals surface area contributed by atoms with Crippen molar-refractivity contribution in [1.82, 2.24) is 14.4 Å². The van der Waals surface area contributed by atoms with E-state index in [-0.39, 0.29) is 0 Å². The molecule has 5 aromatic heterocycles. The van der Waals surface area contributed by atoms with Gasteiger partial charge < -0.3 is 0 Å². The predicted octanol–water partition coefficient (Wildman–Crippen LogP) is 7.77. The molecule has 0 fully saturated rings. The monoisotopic (exact) mass is 431 g/mol. The number of fused-ring (bicyclic) bond motifs is 15. The number of aromatic nitrogens is 3. The van der Waals surface area contributed by atoms with Crippen molar-refractivity contribution in [2.45, 2.75) is 0 Å². The van der Waals surface area contributed by atoms with E-state index in [0.29, 0.717) is 0 Å². The number of benzene rings is 3. The van der Waals surface area contributed by atoms with E-state index in [2.05, 4.69) is 65.2 Å². The summed E-state index contributed by atoms with van der Waals surface area (Å²) in [5.41, 5.74) is 3.11. The molecular formula is C26H13N3S2. The SMILES string of the molecule is c1ccc2c(c1)sc1c2c2sc3ccccc3c2c2c1c1cccnc1c1nccn12. The van der Waals surface area contributed by atoms with Crippen LogP contribution in [0.5, 0.6) is 0 Å². The third-order valence-corrected chi connectivity index (χ3v) is 8.67. The van der Waals surface area contributed by atoms with Gasteiger partial charge in [-0.2, -0.15) is 0 Å². The fourth-order valence-corrected chi connectivity index (χ4v) is 7.67. The molecule has 0 aliphatic rings. The fraction of sp³-hybridized carbons (Fsp3) is 0. The molecule has 3 nitrogen and oxygen atoms in total. The van der Waals surface area contributed by atoms with E-state index in [0.717, 1.165) is 11.2 Å². The lowest BCUT2D eigenvalue weighted by atomic mass is 10.0. The zero-order valence-electron chi connectivity index (χ0n) is 16.2. The number of imidazole rings is 1. The summed E-state index contributed by atoms with van der Waals surface area (Å²) < 4.78 is 7.59. The molecule has 0 N–H and O–H groups in total. The van der Waals surface area contributed by atoms with Crippen molar-refractivity contribution in [3.05, 3.63) is 79.3 Å². The maximum absolute atomic E-state index is 4.75. The van der Waals surface area contributed by atoms with Gasteiger partial charge in [-0.25, -0.2) is 4.98 Å². The second-order valence-corrected chi connectivity index (χ2v) is 9.95. The van der Waals surface area contributed by atoms with Crippen molar-refractivity contribution in [1.29, 1.82) is 0 Å². The molecule has 8 rings (SSSR count). The Labute approximate surface area is 183 Å². The highest BCUT2D eigenvalue weighted by Crippen LogP contribution is 2.50. The number of thiophene rings is 2. The summed E-state index contributed by atoms with van der Waals surface area (Å²) in [6, 6.07) is 21.8. The quantitative estimate of drug-likeness (QED) is 0.230. The molecule has 0 aliphatic heterocycles. The average molecular weight is 432 g/mol. The van der Waals surface area contributed by atoms with E-state index in [1.807, 2.05) is 41.1 Å². The molecule has 5 heterocycles. The van der Waals surface area contributed by atoms with E-state index in [9.17, 15) is 0 Å². The number of nitrogens with zero attached hydrogens (tertiary/aromatic N) is 3. The van der Waals surface area contributed by atoms with Crippen molar-refractivity contribution in [3.8, 4) is 0 Å². The van der Waals surface area contributed by atoms with E-state index in [1.54, 1.807) is 0 Å². The molecule has 0 saturated heterocycles. The van der Waals surface area contributed by atoms with Gasteiger partial charge in [0, 0.05) is 69.7 Å². The molecule has 0 atom stereocenters. The molecule has 8 aromatic rings. The van der Waals surface area contributed by atoms with E-state index < -0.39 is 0 Å². The summed E-state index contributed by atoms with van der Waals surface area (Å²) in [7, 11) is 0. The van der Waals surface area contributed by atoms with Gasteiger partial charge in [0.1, 0.15) is 5.52 Å². The molecule has 31 heavy (non-hydrogen) atoms. The Balaban J connectivity index is 1.88. The number of hydrogen-bond donors (Lipinski definition) is 0. The third kappa shape index (κ3) is 1.89. The van der Waals surface area contributed by atoms with Crippen LogP contribution in [0.15, 0.2) is 79.3 Å². The average Bonchev–Trinajstić information content (AvgIpc) is 3.53. The van der Waals surface area contributed by atoms with Crippen LogP contribution < -0.4 is 0 Å². The molecule has 0 spiro atoms. The van der Waals surface area contributed by atoms with Crippen molar-refractivity contribution in [2.24, 2.45) is 0 Å². The molecule has 144 valence electrons. The molecule has 0 amide bonds. The van der Waals surface area contributed by atoms with Gasteiger partial charge in [-0.15, -0.1) is 22.7 Å². The molecular weight excluding hydrogens is 418 g/mol. The second-order valence-electron chi connectivity index (χ2n) is 7.85. The summed E-state index contributed by atoms with van der Waals surface area (Å²) in [6.45, 7) is 0. The zero-order chi connectivity index (χ0) is 20.1. The van der Waals surface area contributed by atoms with Crippen LogP contribution in [0.3, 0.4) is 0 Å². The Kier molecular flexibility index (Phi) is 2.91. The molecule has 0 unspecified atom stereocenters. The van der Waals surface area contributed by atoms with Crippen molar-refractivity contribution in [2.75, 3.05) is 0 Å².